The monoisotopic (exact) mass is 332 g/mol. The van der Waals surface area contributed by atoms with Crippen LogP contribution in [0.2, 0.25) is 0 Å². The van der Waals surface area contributed by atoms with Crippen LogP contribution in [0.3, 0.4) is 0 Å². The predicted octanol–water partition coefficient (Wildman–Crippen LogP) is 1.65. The molecule has 0 bridgehead atoms. The molecule has 24 heavy (non-hydrogen) atoms. The van der Waals surface area contributed by atoms with Crippen LogP contribution in [-0.4, -0.2) is 65.7 Å². The van der Waals surface area contributed by atoms with Crippen molar-refractivity contribution in [2.75, 3.05) is 39.3 Å². The van der Waals surface area contributed by atoms with Crippen LogP contribution >= 0.6 is 0 Å². The van der Waals surface area contributed by atoms with E-state index in [1.54, 1.807) is 4.90 Å². The van der Waals surface area contributed by atoms with Gasteiger partial charge in [-0.1, -0.05) is 30.3 Å². The van der Waals surface area contributed by atoms with Crippen LogP contribution in [-0.2, 0) is 16.1 Å². The van der Waals surface area contributed by atoms with Gasteiger partial charge in [0.25, 0.3) is 0 Å². The van der Waals surface area contributed by atoms with Crippen molar-refractivity contribution in [2.45, 2.75) is 37.9 Å². The zero-order valence-electron chi connectivity index (χ0n) is 14.3. The molecule has 132 valence electrons. The Hall–Kier alpha value is -1.43. The quantitative estimate of drug-likeness (QED) is 0.861. The van der Waals surface area contributed by atoms with Gasteiger partial charge in [0.05, 0.1) is 18.8 Å². The first-order chi connectivity index (χ1) is 11.6. The van der Waals surface area contributed by atoms with Gasteiger partial charge in [-0.2, -0.15) is 0 Å². The third-order valence-electron chi connectivity index (χ3n) is 4.96. The zero-order chi connectivity index (χ0) is 16.8. The molecule has 3 rings (SSSR count). The first-order valence-electron chi connectivity index (χ1n) is 8.99. The summed E-state index contributed by atoms with van der Waals surface area (Å²) in [6.45, 7) is 4.48. The Labute approximate surface area is 144 Å². The molecule has 1 aromatic carbocycles. The summed E-state index contributed by atoms with van der Waals surface area (Å²) in [7, 11) is 0. The van der Waals surface area contributed by atoms with E-state index in [1.165, 1.54) is 12.8 Å². The van der Waals surface area contributed by atoms with Gasteiger partial charge in [-0.25, -0.2) is 0 Å². The largest absolute Gasteiger partial charge is 0.387 e. The molecule has 5 nitrogen and oxygen atoms in total. The van der Waals surface area contributed by atoms with Crippen molar-refractivity contribution in [2.24, 2.45) is 0 Å². The summed E-state index contributed by atoms with van der Waals surface area (Å²) in [5.41, 5.74) is 0.298. The van der Waals surface area contributed by atoms with E-state index in [1.807, 2.05) is 30.3 Å². The minimum absolute atomic E-state index is 0.0227. The second-order valence-corrected chi connectivity index (χ2v) is 7.10. The van der Waals surface area contributed by atoms with E-state index in [0.29, 0.717) is 19.7 Å². The molecule has 2 aliphatic heterocycles. The van der Waals surface area contributed by atoms with Crippen molar-refractivity contribution >= 4 is 5.91 Å². The molecular weight excluding hydrogens is 304 g/mol. The molecule has 1 aromatic rings. The van der Waals surface area contributed by atoms with E-state index in [-0.39, 0.29) is 12.5 Å². The maximum Gasteiger partial charge on any atom is 0.248 e. The number of hydrogen-bond donors (Lipinski definition) is 1. The van der Waals surface area contributed by atoms with Crippen molar-refractivity contribution < 1.29 is 14.6 Å². The molecule has 0 spiro atoms. The van der Waals surface area contributed by atoms with Gasteiger partial charge < -0.3 is 19.6 Å². The van der Waals surface area contributed by atoms with Crippen LogP contribution in [0, 0.1) is 0 Å². The molecule has 0 aliphatic carbocycles. The van der Waals surface area contributed by atoms with E-state index in [0.717, 1.165) is 38.0 Å². The Morgan fingerprint density at radius 3 is 2.62 bits per heavy atom. The van der Waals surface area contributed by atoms with Crippen LogP contribution in [0.25, 0.3) is 0 Å². The maximum atomic E-state index is 12.4. The SMILES string of the molecule is O=C(COCc1ccccc1)N1CCC[C@@](O)(CN2CCCC2)C1. The molecule has 2 aliphatic rings. The van der Waals surface area contributed by atoms with Crippen LogP contribution in [0.4, 0.5) is 0 Å². The van der Waals surface area contributed by atoms with E-state index < -0.39 is 5.60 Å². The van der Waals surface area contributed by atoms with Crippen molar-refractivity contribution in [1.29, 1.82) is 0 Å². The molecule has 0 unspecified atom stereocenters. The van der Waals surface area contributed by atoms with Gasteiger partial charge in [-0.05, 0) is 44.3 Å². The lowest BCUT2D eigenvalue weighted by atomic mass is 9.92. The lowest BCUT2D eigenvalue weighted by Crippen LogP contribution is -2.55. The summed E-state index contributed by atoms with van der Waals surface area (Å²) in [6.07, 6.45) is 4.06. The van der Waals surface area contributed by atoms with Crippen molar-refractivity contribution in [3.05, 3.63) is 35.9 Å². The van der Waals surface area contributed by atoms with Crippen LogP contribution < -0.4 is 0 Å². The van der Waals surface area contributed by atoms with Gasteiger partial charge in [0, 0.05) is 13.1 Å². The Morgan fingerprint density at radius 1 is 1.12 bits per heavy atom. The smallest absolute Gasteiger partial charge is 0.248 e. The van der Waals surface area contributed by atoms with Gasteiger partial charge in [0.15, 0.2) is 0 Å². The Balaban J connectivity index is 1.45. The summed E-state index contributed by atoms with van der Waals surface area (Å²) in [6, 6.07) is 9.86. The Morgan fingerprint density at radius 2 is 1.88 bits per heavy atom. The number of benzene rings is 1. The molecule has 1 N–H and O–H groups in total. The van der Waals surface area contributed by atoms with Gasteiger partial charge in [0.2, 0.25) is 5.91 Å². The van der Waals surface area contributed by atoms with E-state index in [9.17, 15) is 9.90 Å². The third kappa shape index (κ3) is 4.79. The standard InChI is InChI=1S/C19H28N2O3/c22-18(14-24-13-17-7-2-1-3-8-17)21-12-6-9-19(23,16-21)15-20-10-4-5-11-20/h1-3,7-8,23H,4-6,9-16H2/t19-/m1/s1. The maximum absolute atomic E-state index is 12.4. The van der Waals surface area contributed by atoms with Crippen molar-refractivity contribution in [3.63, 3.8) is 0 Å². The van der Waals surface area contributed by atoms with E-state index in [2.05, 4.69) is 4.90 Å². The number of carbonyl (C=O) groups is 1. The first kappa shape index (κ1) is 17.4. The number of rotatable bonds is 6. The number of piperidine rings is 1. The molecule has 1 atom stereocenters. The fourth-order valence-corrected chi connectivity index (χ4v) is 3.73. The van der Waals surface area contributed by atoms with E-state index in [4.69, 9.17) is 4.74 Å². The van der Waals surface area contributed by atoms with Gasteiger partial charge in [0.1, 0.15) is 6.61 Å². The summed E-state index contributed by atoms with van der Waals surface area (Å²) < 4.78 is 5.55. The number of carbonyl (C=O) groups excluding carboxylic acids is 1. The molecule has 5 heteroatoms. The molecule has 2 heterocycles. The minimum Gasteiger partial charge on any atom is -0.387 e. The zero-order valence-corrected chi connectivity index (χ0v) is 14.3. The number of amides is 1. The van der Waals surface area contributed by atoms with Gasteiger partial charge in [-0.3, -0.25) is 4.79 Å². The highest BCUT2D eigenvalue weighted by molar-refractivity contribution is 5.77. The van der Waals surface area contributed by atoms with Crippen molar-refractivity contribution in [3.8, 4) is 0 Å². The molecule has 1 amide bonds. The number of ether oxygens (including phenoxy) is 1. The normalized spacial score (nSPS) is 25.1. The number of nitrogens with zero attached hydrogens (tertiary/aromatic N) is 2. The Bertz CT molecular complexity index is 531. The summed E-state index contributed by atoms with van der Waals surface area (Å²) in [5.74, 6) is -0.0227. The van der Waals surface area contributed by atoms with Crippen LogP contribution in [0.15, 0.2) is 30.3 Å². The highest BCUT2D eigenvalue weighted by atomic mass is 16.5. The number of likely N-dealkylation sites (tertiary alicyclic amines) is 2. The highest BCUT2D eigenvalue weighted by Crippen LogP contribution is 2.24. The topological polar surface area (TPSA) is 53.0 Å². The van der Waals surface area contributed by atoms with Crippen LogP contribution in [0.1, 0.15) is 31.2 Å². The number of hydrogen-bond acceptors (Lipinski definition) is 4. The average Bonchev–Trinajstić information content (AvgIpc) is 3.08. The molecular formula is C19H28N2O3. The fourth-order valence-electron chi connectivity index (χ4n) is 3.73. The summed E-state index contributed by atoms with van der Waals surface area (Å²) in [5, 5.41) is 10.9. The average molecular weight is 332 g/mol. The summed E-state index contributed by atoms with van der Waals surface area (Å²) in [4.78, 5) is 16.5. The number of aliphatic hydroxyl groups is 1. The van der Waals surface area contributed by atoms with Gasteiger partial charge >= 0.3 is 0 Å². The minimum atomic E-state index is -0.766. The third-order valence-corrected chi connectivity index (χ3v) is 4.96. The highest BCUT2D eigenvalue weighted by Gasteiger charge is 2.37. The Kier molecular flexibility index (Phi) is 5.87. The van der Waals surface area contributed by atoms with Crippen molar-refractivity contribution in [1.82, 2.24) is 9.80 Å². The summed E-state index contributed by atoms with van der Waals surface area (Å²) >= 11 is 0. The molecule has 0 radical (unpaired) electrons. The molecule has 2 fully saturated rings. The van der Waals surface area contributed by atoms with Gasteiger partial charge in [-0.15, -0.1) is 0 Å². The molecule has 2 saturated heterocycles. The molecule has 0 aromatic heterocycles. The molecule has 0 saturated carbocycles. The van der Waals surface area contributed by atoms with Crippen LogP contribution in [0.5, 0.6) is 0 Å². The predicted molar refractivity (Wildman–Crippen MR) is 92.5 cm³/mol. The van der Waals surface area contributed by atoms with E-state index >= 15 is 0 Å². The number of β-amino-alcohol motifs (C(OH)–C–C–N with tert-alkyl or cyclic N) is 1. The first-order valence-corrected chi connectivity index (χ1v) is 8.99. The lowest BCUT2D eigenvalue weighted by Gasteiger charge is -2.41. The second kappa shape index (κ2) is 8.10. The fraction of sp³-hybridized carbons (Fsp3) is 0.632. The lowest BCUT2D eigenvalue weighted by molar-refractivity contribution is -0.144. The second-order valence-electron chi connectivity index (χ2n) is 7.10.